The van der Waals surface area contributed by atoms with Crippen LogP contribution in [0.4, 0.5) is 0 Å². The van der Waals surface area contributed by atoms with Crippen LogP contribution in [-0.2, 0) is 9.59 Å². The van der Waals surface area contributed by atoms with E-state index in [0.29, 0.717) is 18.8 Å². The number of alkyl halides is 1. The van der Waals surface area contributed by atoms with E-state index >= 15 is 0 Å². The number of aromatic nitrogens is 2. The number of carbonyl (C=O) groups is 2. The summed E-state index contributed by atoms with van der Waals surface area (Å²) in [7, 11) is 0. The monoisotopic (exact) mass is 412 g/mol. The molecule has 1 saturated heterocycles. The Kier molecular flexibility index (Phi) is 4.20. The SMILES string of the molecule is Cc1nn([I-]C2CCC(=O)NC2=O)c2cccc(C(C)C)c12. The third kappa shape index (κ3) is 2.76. The van der Waals surface area contributed by atoms with Crippen molar-refractivity contribution in [2.24, 2.45) is 0 Å². The maximum absolute atomic E-state index is 12.0. The van der Waals surface area contributed by atoms with Crippen LogP contribution in [0.3, 0.4) is 0 Å². The Morgan fingerprint density at radius 2 is 2.14 bits per heavy atom. The van der Waals surface area contributed by atoms with Crippen LogP contribution < -0.4 is 26.8 Å². The third-order valence-corrected chi connectivity index (χ3v) is 7.00. The van der Waals surface area contributed by atoms with Gasteiger partial charge in [-0.25, -0.2) is 0 Å². The van der Waals surface area contributed by atoms with E-state index < -0.39 is 21.5 Å². The van der Waals surface area contributed by atoms with Crippen molar-refractivity contribution in [3.8, 4) is 0 Å². The molecule has 6 heteroatoms. The summed E-state index contributed by atoms with van der Waals surface area (Å²) in [4.78, 5) is 23.2. The van der Waals surface area contributed by atoms with E-state index in [0.717, 1.165) is 11.2 Å². The van der Waals surface area contributed by atoms with Crippen LogP contribution in [0.25, 0.3) is 10.9 Å². The van der Waals surface area contributed by atoms with Crippen molar-refractivity contribution in [3.63, 3.8) is 0 Å². The topological polar surface area (TPSA) is 64.0 Å². The zero-order chi connectivity index (χ0) is 15.9. The van der Waals surface area contributed by atoms with Crippen molar-refractivity contribution in [3.05, 3.63) is 29.5 Å². The molecule has 0 spiro atoms. The Balaban J connectivity index is 1.97. The van der Waals surface area contributed by atoms with Gasteiger partial charge in [0.15, 0.2) is 0 Å². The molecule has 118 valence electrons. The van der Waals surface area contributed by atoms with Gasteiger partial charge in [0.2, 0.25) is 0 Å². The van der Waals surface area contributed by atoms with Gasteiger partial charge in [-0.1, -0.05) is 0 Å². The first kappa shape index (κ1) is 15.5. The fraction of sp³-hybridized carbons (Fsp3) is 0.438. The summed E-state index contributed by atoms with van der Waals surface area (Å²) in [6.45, 7) is 6.39. The molecular weight excluding hydrogens is 393 g/mol. The van der Waals surface area contributed by atoms with Crippen LogP contribution in [0.1, 0.15) is 43.9 Å². The quantitative estimate of drug-likeness (QED) is 0.405. The molecule has 22 heavy (non-hydrogen) atoms. The molecule has 2 amide bonds. The number of carbonyl (C=O) groups excluding carboxylic acids is 2. The fourth-order valence-electron chi connectivity index (χ4n) is 2.77. The number of rotatable bonds is 3. The second kappa shape index (κ2) is 5.98. The fourth-order valence-corrected chi connectivity index (χ4v) is 5.55. The molecule has 1 aliphatic heterocycles. The summed E-state index contributed by atoms with van der Waals surface area (Å²) in [5.41, 5.74) is 3.43. The van der Waals surface area contributed by atoms with Gasteiger partial charge in [-0.2, -0.15) is 0 Å². The van der Waals surface area contributed by atoms with Gasteiger partial charge in [-0.3, -0.25) is 0 Å². The Bertz CT molecular complexity index is 751. The van der Waals surface area contributed by atoms with Gasteiger partial charge in [0.05, 0.1) is 0 Å². The molecule has 5 nitrogen and oxygen atoms in total. The first-order chi connectivity index (χ1) is 10.5. The number of nitrogens with zero attached hydrogens (tertiary/aromatic N) is 2. The molecule has 1 aromatic heterocycles. The molecule has 0 aliphatic carbocycles. The van der Waals surface area contributed by atoms with Crippen molar-refractivity contribution in [2.45, 2.75) is 43.5 Å². The Hall–Kier alpha value is -1.44. The molecule has 3 rings (SSSR count). The molecule has 0 radical (unpaired) electrons. The molecule has 0 bridgehead atoms. The predicted octanol–water partition coefficient (Wildman–Crippen LogP) is -0.875. The summed E-state index contributed by atoms with van der Waals surface area (Å²) >= 11 is -0.627. The second-order valence-corrected chi connectivity index (χ2v) is 8.83. The number of hydrogen-bond donors (Lipinski definition) is 1. The van der Waals surface area contributed by atoms with Gasteiger partial charge in [0.25, 0.3) is 0 Å². The van der Waals surface area contributed by atoms with Gasteiger partial charge in [0, 0.05) is 0 Å². The molecular formula is C16H19IN3O2-. The molecule has 1 unspecified atom stereocenters. The zero-order valence-electron chi connectivity index (χ0n) is 12.9. The number of halogens is 1. The minimum absolute atomic E-state index is 0.0818. The van der Waals surface area contributed by atoms with Gasteiger partial charge in [-0.05, 0) is 0 Å². The normalized spacial score (nSPS) is 19.2. The Morgan fingerprint density at radius 1 is 1.36 bits per heavy atom. The summed E-state index contributed by atoms with van der Waals surface area (Å²) in [6.07, 6.45) is 1.08. The van der Waals surface area contributed by atoms with E-state index in [-0.39, 0.29) is 15.7 Å². The van der Waals surface area contributed by atoms with Gasteiger partial charge < -0.3 is 0 Å². The molecule has 1 fully saturated rings. The molecule has 1 aliphatic rings. The van der Waals surface area contributed by atoms with Crippen molar-refractivity contribution in [1.82, 2.24) is 13.3 Å². The van der Waals surface area contributed by atoms with Crippen LogP contribution in [0.15, 0.2) is 18.2 Å². The van der Waals surface area contributed by atoms with Gasteiger partial charge in [0.1, 0.15) is 0 Å². The number of fused-ring (bicyclic) bond motifs is 1. The van der Waals surface area contributed by atoms with Crippen LogP contribution in [0.5, 0.6) is 0 Å². The molecule has 1 atom stereocenters. The first-order valence-corrected chi connectivity index (χ1v) is 9.64. The summed E-state index contributed by atoms with van der Waals surface area (Å²) in [6, 6.07) is 6.28. The van der Waals surface area contributed by atoms with E-state index in [1.54, 1.807) is 0 Å². The third-order valence-electron chi connectivity index (χ3n) is 3.88. The molecule has 1 N–H and O–H groups in total. The number of imide groups is 1. The predicted molar refractivity (Wildman–Crippen MR) is 80.1 cm³/mol. The average molecular weight is 412 g/mol. The van der Waals surface area contributed by atoms with Crippen molar-refractivity contribution < 1.29 is 31.1 Å². The van der Waals surface area contributed by atoms with Crippen LogP contribution in [0.2, 0.25) is 0 Å². The summed E-state index contributed by atoms with van der Waals surface area (Å²) < 4.78 is 1.94. The first-order valence-electron chi connectivity index (χ1n) is 7.43. The standard InChI is InChI=1S/C16H19IN3O2/c1-9(2)11-5-4-6-13-15(11)10(3)19-20(13)17-12-7-8-14(21)18-16(12)22/h4-6,9,12H,7-8H2,1-3H3,(H,18,21,22)/q-1. The molecule has 0 saturated carbocycles. The van der Waals surface area contributed by atoms with Crippen molar-refractivity contribution >= 4 is 22.7 Å². The maximum atomic E-state index is 12.0. The number of amides is 2. The van der Waals surface area contributed by atoms with Crippen molar-refractivity contribution in [1.29, 1.82) is 0 Å². The second-order valence-electron chi connectivity index (χ2n) is 5.86. The molecule has 2 heterocycles. The van der Waals surface area contributed by atoms with E-state index in [4.69, 9.17) is 0 Å². The summed E-state index contributed by atoms with van der Waals surface area (Å²) in [5, 5.41) is 8.34. The number of aryl methyl sites for hydroxylation is 1. The minimum atomic E-state index is -0.627. The number of piperidine rings is 1. The Morgan fingerprint density at radius 3 is 2.82 bits per heavy atom. The van der Waals surface area contributed by atoms with E-state index in [9.17, 15) is 9.59 Å². The Labute approximate surface area is 140 Å². The van der Waals surface area contributed by atoms with Crippen LogP contribution >= 0.6 is 0 Å². The van der Waals surface area contributed by atoms with E-state index in [1.165, 1.54) is 10.9 Å². The van der Waals surface area contributed by atoms with Gasteiger partial charge in [-0.15, -0.1) is 0 Å². The molecule has 2 aromatic rings. The zero-order valence-corrected chi connectivity index (χ0v) is 15.0. The average Bonchev–Trinajstić information content (AvgIpc) is 2.78. The van der Waals surface area contributed by atoms with Crippen molar-refractivity contribution in [2.75, 3.05) is 0 Å². The number of benzene rings is 1. The summed E-state index contributed by atoms with van der Waals surface area (Å²) in [5.74, 6) is 0.146. The number of nitrogens with one attached hydrogen (secondary N) is 1. The van der Waals surface area contributed by atoms with Crippen LogP contribution in [0, 0.1) is 6.92 Å². The van der Waals surface area contributed by atoms with Gasteiger partial charge >= 0.3 is 140 Å². The van der Waals surface area contributed by atoms with E-state index in [2.05, 4.69) is 42.5 Å². The van der Waals surface area contributed by atoms with E-state index in [1.807, 2.05) is 9.82 Å². The molecule has 1 aromatic carbocycles. The van der Waals surface area contributed by atoms with Crippen LogP contribution in [-0.4, -0.2) is 23.7 Å². The number of hydrogen-bond acceptors (Lipinski definition) is 3.